The van der Waals surface area contributed by atoms with Gasteiger partial charge in [0.2, 0.25) is 0 Å². The molecule has 3 N–H and O–H groups in total. The van der Waals surface area contributed by atoms with Crippen molar-refractivity contribution < 1.29 is 19.6 Å². The molecule has 1 atom stereocenters. The summed E-state index contributed by atoms with van der Waals surface area (Å²) in [7, 11) is 2.69. The monoisotopic (exact) mass is 410 g/mol. The molecule has 8 nitrogen and oxygen atoms in total. The number of hydrogen-bond donors (Lipinski definition) is 3. The molecule has 0 saturated carbocycles. The van der Waals surface area contributed by atoms with E-state index in [-0.39, 0.29) is 0 Å². The van der Waals surface area contributed by atoms with Crippen LogP contribution >= 0.6 is 0 Å². The predicted molar refractivity (Wildman–Crippen MR) is 113 cm³/mol. The van der Waals surface area contributed by atoms with Crippen LogP contribution in [0.5, 0.6) is 0 Å². The Bertz CT molecular complexity index is 890. The average molecular weight is 410 g/mol. The van der Waals surface area contributed by atoms with E-state index >= 15 is 0 Å². The first kappa shape index (κ1) is 21.3. The summed E-state index contributed by atoms with van der Waals surface area (Å²) < 4.78 is 0. The van der Waals surface area contributed by atoms with E-state index in [1.165, 1.54) is 38.1 Å². The molecule has 1 fully saturated rings. The van der Waals surface area contributed by atoms with Crippen molar-refractivity contribution in [2.45, 2.75) is 18.9 Å². The van der Waals surface area contributed by atoms with Crippen molar-refractivity contribution in [3.8, 4) is 11.1 Å². The summed E-state index contributed by atoms with van der Waals surface area (Å²) >= 11 is 0. The van der Waals surface area contributed by atoms with Crippen LogP contribution in [0.25, 0.3) is 11.1 Å². The molecule has 30 heavy (non-hydrogen) atoms. The highest BCUT2D eigenvalue weighted by Gasteiger charge is 2.33. The number of carbonyl (C=O) groups excluding carboxylic acids is 3. The minimum atomic E-state index is -1.48. The highest BCUT2D eigenvalue weighted by Crippen LogP contribution is 2.26. The summed E-state index contributed by atoms with van der Waals surface area (Å²) in [5.41, 5.74) is 4.96. The third kappa shape index (κ3) is 4.44. The fourth-order valence-corrected chi connectivity index (χ4v) is 3.63. The van der Waals surface area contributed by atoms with Crippen molar-refractivity contribution in [1.29, 1.82) is 0 Å². The number of anilines is 1. The normalized spacial score (nSPS) is 14.2. The van der Waals surface area contributed by atoms with E-state index < -0.39 is 23.8 Å². The van der Waals surface area contributed by atoms with E-state index in [1.807, 2.05) is 12.1 Å². The summed E-state index contributed by atoms with van der Waals surface area (Å²) in [5.74, 6) is -2.20. The van der Waals surface area contributed by atoms with E-state index in [0.29, 0.717) is 5.56 Å². The van der Waals surface area contributed by atoms with E-state index in [4.69, 9.17) is 5.21 Å². The van der Waals surface area contributed by atoms with Gasteiger partial charge in [-0.2, -0.15) is 0 Å². The fourth-order valence-electron chi connectivity index (χ4n) is 3.63. The first-order chi connectivity index (χ1) is 14.5. The fraction of sp³-hybridized carbons (Fsp3) is 0.318. The molecule has 0 radical (unpaired) electrons. The van der Waals surface area contributed by atoms with Gasteiger partial charge in [-0.1, -0.05) is 24.3 Å². The lowest BCUT2D eigenvalue weighted by Crippen LogP contribution is -2.54. The van der Waals surface area contributed by atoms with E-state index in [1.54, 1.807) is 12.1 Å². The number of nitrogens with zero attached hydrogens (tertiary/aromatic N) is 2. The van der Waals surface area contributed by atoms with Gasteiger partial charge in [-0.3, -0.25) is 19.6 Å². The topological polar surface area (TPSA) is 102 Å². The van der Waals surface area contributed by atoms with Crippen LogP contribution in [0.3, 0.4) is 0 Å². The van der Waals surface area contributed by atoms with E-state index in [0.717, 1.165) is 29.1 Å². The second-order valence-electron chi connectivity index (χ2n) is 7.23. The van der Waals surface area contributed by atoms with Gasteiger partial charge in [0.05, 0.1) is 0 Å². The molecule has 2 aromatic rings. The van der Waals surface area contributed by atoms with Gasteiger partial charge in [-0.25, -0.2) is 5.48 Å². The largest absolute Gasteiger partial charge is 0.372 e. The van der Waals surface area contributed by atoms with Crippen LogP contribution in [0.15, 0.2) is 48.5 Å². The molecule has 8 heteroatoms. The number of likely N-dealkylation sites (N-methyl/N-ethyl adjacent to an activating group) is 2. The minimum absolute atomic E-state index is 0.328. The molecule has 0 spiro atoms. The van der Waals surface area contributed by atoms with E-state index in [2.05, 4.69) is 34.5 Å². The Labute approximate surface area is 175 Å². The van der Waals surface area contributed by atoms with Crippen molar-refractivity contribution in [2.24, 2.45) is 0 Å². The van der Waals surface area contributed by atoms with Gasteiger partial charge in [0.15, 0.2) is 6.04 Å². The van der Waals surface area contributed by atoms with E-state index in [9.17, 15) is 14.4 Å². The molecule has 158 valence electrons. The SMILES string of the molecule is CNC(=O)C(C(=O)NO)N(C)C(=O)c1ccc(-c2ccc(N3CCCC3)cc2)cc1. The van der Waals surface area contributed by atoms with Crippen LogP contribution in [0.1, 0.15) is 23.2 Å². The number of benzene rings is 2. The maximum atomic E-state index is 12.7. The third-order valence-corrected chi connectivity index (χ3v) is 5.36. The number of hydroxylamine groups is 1. The first-order valence-corrected chi connectivity index (χ1v) is 9.84. The van der Waals surface area contributed by atoms with Crippen molar-refractivity contribution in [1.82, 2.24) is 15.7 Å². The quantitative estimate of drug-likeness (QED) is 0.382. The third-order valence-electron chi connectivity index (χ3n) is 5.36. The minimum Gasteiger partial charge on any atom is -0.372 e. The van der Waals surface area contributed by atoms with Crippen LogP contribution in [-0.2, 0) is 9.59 Å². The van der Waals surface area contributed by atoms with Gasteiger partial charge in [0, 0.05) is 38.4 Å². The van der Waals surface area contributed by atoms with Crippen molar-refractivity contribution in [3.63, 3.8) is 0 Å². The second-order valence-corrected chi connectivity index (χ2v) is 7.23. The molecule has 0 aliphatic carbocycles. The smallest absolute Gasteiger partial charge is 0.275 e. The second kappa shape index (κ2) is 9.41. The number of nitrogens with one attached hydrogen (secondary N) is 2. The number of rotatable bonds is 6. The van der Waals surface area contributed by atoms with Crippen molar-refractivity contribution in [2.75, 3.05) is 32.1 Å². The van der Waals surface area contributed by atoms with Gasteiger partial charge < -0.3 is 15.1 Å². The lowest BCUT2D eigenvalue weighted by Gasteiger charge is -2.25. The Morgan fingerprint density at radius 3 is 1.97 bits per heavy atom. The maximum Gasteiger partial charge on any atom is 0.275 e. The zero-order valence-electron chi connectivity index (χ0n) is 17.1. The molecule has 3 rings (SSSR count). The van der Waals surface area contributed by atoms with Crippen molar-refractivity contribution >= 4 is 23.4 Å². The molecular weight excluding hydrogens is 384 g/mol. The van der Waals surface area contributed by atoms with Crippen LogP contribution in [0.4, 0.5) is 5.69 Å². The Balaban J connectivity index is 1.74. The lowest BCUT2D eigenvalue weighted by molar-refractivity contribution is -0.140. The number of hydrogen-bond acceptors (Lipinski definition) is 5. The molecule has 1 aliphatic rings. The lowest BCUT2D eigenvalue weighted by atomic mass is 10.0. The highest BCUT2D eigenvalue weighted by atomic mass is 16.5. The molecule has 1 heterocycles. The average Bonchev–Trinajstić information content (AvgIpc) is 3.33. The number of amides is 3. The van der Waals surface area contributed by atoms with Gasteiger partial charge in [-0.05, 0) is 48.2 Å². The maximum absolute atomic E-state index is 12.7. The van der Waals surface area contributed by atoms with Gasteiger partial charge in [0.25, 0.3) is 17.7 Å². The zero-order valence-corrected chi connectivity index (χ0v) is 17.1. The Hall–Kier alpha value is -3.39. The molecule has 1 aliphatic heterocycles. The zero-order chi connectivity index (χ0) is 21.7. The van der Waals surface area contributed by atoms with Crippen LogP contribution in [0, 0.1) is 0 Å². The van der Waals surface area contributed by atoms with Gasteiger partial charge >= 0.3 is 0 Å². The Morgan fingerprint density at radius 1 is 0.933 bits per heavy atom. The Kier molecular flexibility index (Phi) is 6.68. The highest BCUT2D eigenvalue weighted by molar-refractivity contribution is 6.08. The van der Waals surface area contributed by atoms with Gasteiger partial charge in [-0.15, -0.1) is 0 Å². The summed E-state index contributed by atoms with van der Waals surface area (Å²) in [4.78, 5) is 39.9. The standard InChI is InChI=1S/C22H26N4O4/c1-23-20(27)19(21(28)24-30)25(2)22(29)17-7-5-15(6-8-17)16-9-11-18(12-10-16)26-13-3-4-14-26/h5-12,19,30H,3-4,13-14H2,1-2H3,(H,23,27)(H,24,28). The summed E-state index contributed by atoms with van der Waals surface area (Å²) in [6.07, 6.45) is 2.46. The molecule has 2 aromatic carbocycles. The first-order valence-electron chi connectivity index (χ1n) is 9.84. The predicted octanol–water partition coefficient (Wildman–Crippen LogP) is 1.65. The molecule has 0 bridgehead atoms. The summed E-state index contributed by atoms with van der Waals surface area (Å²) in [6, 6.07) is 13.8. The van der Waals surface area contributed by atoms with Crippen molar-refractivity contribution in [3.05, 3.63) is 54.1 Å². The Morgan fingerprint density at radius 2 is 1.47 bits per heavy atom. The van der Waals surface area contributed by atoms with Crippen LogP contribution in [-0.4, -0.2) is 61.1 Å². The molecule has 1 saturated heterocycles. The van der Waals surface area contributed by atoms with Crippen LogP contribution < -0.4 is 15.7 Å². The molecule has 0 aromatic heterocycles. The van der Waals surface area contributed by atoms with Crippen LogP contribution in [0.2, 0.25) is 0 Å². The molecule has 3 amide bonds. The van der Waals surface area contributed by atoms with Gasteiger partial charge in [0.1, 0.15) is 0 Å². The summed E-state index contributed by atoms with van der Waals surface area (Å²) in [5, 5.41) is 11.2. The summed E-state index contributed by atoms with van der Waals surface area (Å²) in [6.45, 7) is 2.18. The number of carbonyl (C=O) groups is 3. The molecule has 1 unspecified atom stereocenters. The molecular formula is C22H26N4O4.